The van der Waals surface area contributed by atoms with Gasteiger partial charge in [-0.2, -0.15) is 5.10 Å². The van der Waals surface area contributed by atoms with Crippen molar-refractivity contribution in [3.05, 3.63) is 71.2 Å². The summed E-state index contributed by atoms with van der Waals surface area (Å²) in [6.07, 6.45) is 3.80. The van der Waals surface area contributed by atoms with E-state index in [0.29, 0.717) is 22.7 Å². The van der Waals surface area contributed by atoms with Gasteiger partial charge in [0.05, 0.1) is 6.42 Å². The van der Waals surface area contributed by atoms with Gasteiger partial charge in [0.15, 0.2) is 0 Å². The summed E-state index contributed by atoms with van der Waals surface area (Å²) in [5.74, 6) is 0.0985. The van der Waals surface area contributed by atoms with Crippen molar-refractivity contribution in [3.63, 3.8) is 0 Å². The van der Waals surface area contributed by atoms with Gasteiger partial charge in [0.25, 0.3) is 5.91 Å². The predicted molar refractivity (Wildman–Crippen MR) is 128 cm³/mol. The van der Waals surface area contributed by atoms with Crippen molar-refractivity contribution in [2.45, 2.75) is 39.7 Å². The van der Waals surface area contributed by atoms with E-state index in [9.17, 15) is 9.59 Å². The maximum atomic E-state index is 12.6. The highest BCUT2D eigenvalue weighted by Crippen LogP contribution is 2.29. The number of nitrogens with zero attached hydrogens (tertiary/aromatic N) is 4. The molecular weight excluding hydrogens is 432 g/mol. The summed E-state index contributed by atoms with van der Waals surface area (Å²) in [7, 11) is 0. The fraction of sp³-hybridized carbons (Fsp3) is 0.240. The summed E-state index contributed by atoms with van der Waals surface area (Å²) in [6, 6.07) is 10.9. The molecule has 0 saturated carbocycles. The molecule has 1 aromatic carbocycles. The number of rotatable bonds is 8. The third kappa shape index (κ3) is 4.59. The van der Waals surface area contributed by atoms with E-state index < -0.39 is 5.91 Å². The van der Waals surface area contributed by atoms with Crippen LogP contribution in [-0.4, -0.2) is 31.6 Å². The van der Waals surface area contributed by atoms with E-state index in [1.807, 2.05) is 39.0 Å². The number of carbonyl (C=O) groups excluding carboxylic acids is 2. The summed E-state index contributed by atoms with van der Waals surface area (Å²) in [5, 5.41) is 8.55. The summed E-state index contributed by atoms with van der Waals surface area (Å²) in [4.78, 5) is 28.7. The second-order valence-corrected chi connectivity index (χ2v) is 8.47. The number of ketones is 1. The van der Waals surface area contributed by atoms with Crippen LogP contribution in [-0.2, 0) is 17.6 Å². The van der Waals surface area contributed by atoms with Gasteiger partial charge >= 0.3 is 0 Å². The Balaban J connectivity index is 1.47. The fourth-order valence-corrected chi connectivity index (χ4v) is 3.81. The van der Waals surface area contributed by atoms with Crippen LogP contribution in [0.25, 0.3) is 22.5 Å². The molecule has 0 aliphatic rings. The molecule has 0 saturated heterocycles. The molecule has 0 radical (unpaired) electrons. The van der Waals surface area contributed by atoms with Gasteiger partial charge in [-0.3, -0.25) is 14.6 Å². The number of nitrogens with two attached hydrogens (primary N) is 2. The number of hydrogen-bond donors (Lipinski definition) is 2. The van der Waals surface area contributed by atoms with Gasteiger partial charge in [0.2, 0.25) is 0 Å². The summed E-state index contributed by atoms with van der Waals surface area (Å²) in [6.45, 7) is 5.80. The molecule has 0 spiro atoms. The van der Waals surface area contributed by atoms with Gasteiger partial charge in [0.1, 0.15) is 34.3 Å². The van der Waals surface area contributed by atoms with Crippen LogP contribution in [0.3, 0.4) is 0 Å². The molecule has 34 heavy (non-hydrogen) atoms. The first-order valence-electron chi connectivity index (χ1n) is 10.9. The van der Waals surface area contributed by atoms with Crippen molar-refractivity contribution in [1.82, 2.24) is 19.9 Å². The minimum atomic E-state index is -0.633. The highest BCUT2D eigenvalue weighted by molar-refractivity contribution is 6.03. The fourth-order valence-electron chi connectivity index (χ4n) is 3.81. The zero-order valence-electron chi connectivity index (χ0n) is 19.3. The smallest absolute Gasteiger partial charge is 0.254 e. The van der Waals surface area contributed by atoms with Crippen LogP contribution in [0.4, 0.5) is 5.82 Å². The Morgan fingerprint density at radius 2 is 1.85 bits per heavy atom. The zero-order chi connectivity index (χ0) is 24.4. The molecule has 4 aromatic rings. The largest absolute Gasteiger partial charge is 0.383 e. The number of primary amides is 1. The second-order valence-electron chi connectivity index (χ2n) is 8.47. The van der Waals surface area contributed by atoms with Crippen molar-refractivity contribution in [2.24, 2.45) is 5.73 Å². The van der Waals surface area contributed by atoms with Crippen LogP contribution in [0.2, 0.25) is 0 Å². The van der Waals surface area contributed by atoms with E-state index in [0.717, 1.165) is 16.7 Å². The van der Waals surface area contributed by atoms with Crippen LogP contribution in [0.5, 0.6) is 0 Å². The maximum Gasteiger partial charge on any atom is 0.254 e. The Hall–Kier alpha value is -4.27. The molecule has 174 valence electrons. The number of pyridine rings is 1. The lowest BCUT2D eigenvalue weighted by molar-refractivity contribution is -0.118. The number of benzene rings is 1. The molecular formula is C25H26N6O3. The lowest BCUT2D eigenvalue weighted by Crippen LogP contribution is -2.15. The quantitative estimate of drug-likeness (QED) is 0.411. The van der Waals surface area contributed by atoms with Crippen LogP contribution in [0, 0.1) is 6.92 Å². The first kappa shape index (κ1) is 22.9. The molecule has 4 rings (SSSR count). The van der Waals surface area contributed by atoms with Gasteiger partial charge < -0.3 is 16.0 Å². The molecule has 4 N–H and O–H groups in total. The molecule has 9 nitrogen and oxygen atoms in total. The molecule has 3 aromatic heterocycles. The van der Waals surface area contributed by atoms with Crippen molar-refractivity contribution in [3.8, 4) is 22.5 Å². The van der Waals surface area contributed by atoms with E-state index in [-0.39, 0.29) is 36.0 Å². The van der Waals surface area contributed by atoms with Gasteiger partial charge in [-0.25, -0.2) is 4.68 Å². The minimum Gasteiger partial charge on any atom is -0.383 e. The second kappa shape index (κ2) is 9.30. The third-order valence-electron chi connectivity index (χ3n) is 5.56. The molecule has 0 bridgehead atoms. The van der Waals surface area contributed by atoms with E-state index in [1.165, 1.54) is 0 Å². The average molecular weight is 459 g/mol. The Kier molecular flexibility index (Phi) is 6.27. The van der Waals surface area contributed by atoms with Gasteiger partial charge in [0, 0.05) is 42.0 Å². The summed E-state index contributed by atoms with van der Waals surface area (Å²) < 4.78 is 6.94. The number of Topliss-reactive ketones (excluding diaryl/α,β-unsaturated/α-hetero) is 1. The van der Waals surface area contributed by atoms with Crippen LogP contribution < -0.4 is 11.5 Å². The number of aryl methyl sites for hydroxylation is 1. The first-order valence-corrected chi connectivity index (χ1v) is 10.9. The molecule has 0 aliphatic carbocycles. The first-order chi connectivity index (χ1) is 16.2. The number of amides is 1. The van der Waals surface area contributed by atoms with Crippen molar-refractivity contribution in [2.75, 3.05) is 5.73 Å². The highest BCUT2D eigenvalue weighted by atomic mass is 16.5. The average Bonchev–Trinajstić information content (AvgIpc) is 3.39. The van der Waals surface area contributed by atoms with Crippen molar-refractivity contribution >= 4 is 17.5 Å². The molecule has 0 fully saturated rings. The zero-order valence-corrected chi connectivity index (χ0v) is 19.3. The number of carbonyl (C=O) groups is 2. The monoisotopic (exact) mass is 458 g/mol. The third-order valence-corrected chi connectivity index (χ3v) is 5.56. The van der Waals surface area contributed by atoms with Crippen LogP contribution in [0.1, 0.15) is 47.1 Å². The number of aromatic nitrogens is 4. The number of anilines is 1. The van der Waals surface area contributed by atoms with Gasteiger partial charge in [-0.1, -0.05) is 29.4 Å². The molecule has 1 amide bonds. The van der Waals surface area contributed by atoms with E-state index >= 15 is 0 Å². The minimum absolute atomic E-state index is 0.00971. The molecule has 0 unspecified atom stereocenters. The lowest BCUT2D eigenvalue weighted by Gasteiger charge is -2.06. The normalized spacial score (nSPS) is 11.2. The Labute approximate surface area is 196 Å². The predicted octanol–water partition coefficient (Wildman–Crippen LogP) is 3.52. The van der Waals surface area contributed by atoms with Crippen molar-refractivity contribution in [1.29, 1.82) is 0 Å². The lowest BCUT2D eigenvalue weighted by atomic mass is 10.0. The maximum absolute atomic E-state index is 12.6. The highest BCUT2D eigenvalue weighted by Gasteiger charge is 2.22. The van der Waals surface area contributed by atoms with E-state index in [1.54, 1.807) is 35.3 Å². The van der Waals surface area contributed by atoms with Crippen LogP contribution in [0.15, 0.2) is 53.3 Å². The van der Waals surface area contributed by atoms with Gasteiger partial charge in [-0.15, -0.1) is 0 Å². The summed E-state index contributed by atoms with van der Waals surface area (Å²) in [5.41, 5.74) is 16.3. The Morgan fingerprint density at radius 1 is 1.12 bits per heavy atom. The Bertz CT molecular complexity index is 1350. The van der Waals surface area contributed by atoms with E-state index in [2.05, 4.69) is 15.2 Å². The van der Waals surface area contributed by atoms with Crippen molar-refractivity contribution < 1.29 is 14.1 Å². The number of nitrogen functional groups attached to an aromatic ring is 1. The van der Waals surface area contributed by atoms with Gasteiger partial charge in [-0.05, 0) is 38.0 Å². The molecule has 0 aliphatic heterocycles. The molecule has 9 heteroatoms. The molecule has 3 heterocycles. The number of hydrogen-bond acceptors (Lipinski definition) is 7. The van der Waals surface area contributed by atoms with E-state index in [4.69, 9.17) is 16.0 Å². The molecule has 0 atom stereocenters. The summed E-state index contributed by atoms with van der Waals surface area (Å²) >= 11 is 0. The van der Waals surface area contributed by atoms with Crippen LogP contribution >= 0.6 is 0 Å². The standard InChI is InChI=1S/C25H26N6O3/c1-14(2)31-24(26)22(25(27)33)23(29-31)17-6-4-16(5-7-17)10-18(32)11-19-12-21(30-34-19)20-13-28-9-8-15(20)3/h4-9,12-14H,10-11,26H2,1-3H3,(H2,27,33). The SMILES string of the molecule is Cc1ccncc1-c1cc(CC(=O)Cc2ccc(-c3nn(C(C)C)c(N)c3C(N)=O)cc2)on1. The topological polar surface area (TPSA) is 143 Å². The Morgan fingerprint density at radius 3 is 2.50 bits per heavy atom.